The van der Waals surface area contributed by atoms with Crippen LogP contribution in [-0.4, -0.2) is 40.8 Å². The summed E-state index contributed by atoms with van der Waals surface area (Å²) in [5.74, 6) is -0.0675. The van der Waals surface area contributed by atoms with Crippen LogP contribution < -0.4 is 10.1 Å². The molecule has 1 aliphatic rings. The second-order valence-corrected chi connectivity index (χ2v) is 9.40. The molecule has 0 unspecified atom stereocenters. The molecule has 0 aliphatic carbocycles. The molecule has 1 aliphatic heterocycles. The first kappa shape index (κ1) is 24.8. The highest BCUT2D eigenvalue weighted by molar-refractivity contribution is 9.11. The minimum Gasteiger partial charge on any atom is -0.408 e. The van der Waals surface area contributed by atoms with Gasteiger partial charge in [0, 0.05) is 53.4 Å². The number of pyridine rings is 1. The molecule has 0 bridgehead atoms. The van der Waals surface area contributed by atoms with Crippen LogP contribution in [0.3, 0.4) is 0 Å². The Morgan fingerprint density at radius 3 is 2.29 bits per heavy atom. The lowest BCUT2D eigenvalue weighted by Crippen LogP contribution is -2.33. The number of nitrogens with one attached hydrogen (secondary N) is 1. The number of rotatable bonds is 6. The van der Waals surface area contributed by atoms with Crippen LogP contribution in [0, 0.1) is 0 Å². The standard InChI is InChI=1S/C26H21Br2N3O4/c1-3-31(4-2)26(34)35-24-20(27)12-15(13-21(24)28)11-19-18-14-17(5-6-22(18)30-25(19)33)23(32)16-7-9-29-10-8-16/h5-14H,3-4H2,1-2H3,(H,30,33). The molecule has 0 saturated carbocycles. The lowest BCUT2D eigenvalue weighted by atomic mass is 9.98. The van der Waals surface area contributed by atoms with E-state index in [2.05, 4.69) is 42.2 Å². The molecular formula is C26H21Br2N3O4. The quantitative estimate of drug-likeness (QED) is 0.271. The van der Waals surface area contributed by atoms with Gasteiger partial charge in [0.05, 0.1) is 8.95 Å². The van der Waals surface area contributed by atoms with Gasteiger partial charge >= 0.3 is 6.09 Å². The third-order valence-electron chi connectivity index (χ3n) is 5.55. The highest BCUT2D eigenvalue weighted by atomic mass is 79.9. The third kappa shape index (κ3) is 5.21. The molecule has 0 atom stereocenters. The van der Waals surface area contributed by atoms with Gasteiger partial charge in [-0.2, -0.15) is 0 Å². The zero-order chi connectivity index (χ0) is 25.1. The van der Waals surface area contributed by atoms with Crippen LogP contribution >= 0.6 is 31.9 Å². The van der Waals surface area contributed by atoms with Gasteiger partial charge in [0.15, 0.2) is 11.5 Å². The van der Waals surface area contributed by atoms with Crippen molar-refractivity contribution in [3.63, 3.8) is 0 Å². The summed E-state index contributed by atoms with van der Waals surface area (Å²) in [5.41, 5.74) is 3.39. The maximum absolute atomic E-state index is 12.9. The molecule has 178 valence electrons. The number of aromatic nitrogens is 1. The van der Waals surface area contributed by atoms with E-state index in [1.165, 1.54) is 0 Å². The predicted octanol–water partition coefficient (Wildman–Crippen LogP) is 6.17. The Hall–Kier alpha value is -3.30. The predicted molar refractivity (Wildman–Crippen MR) is 141 cm³/mol. The van der Waals surface area contributed by atoms with Crippen LogP contribution in [-0.2, 0) is 4.79 Å². The number of halogens is 2. The van der Waals surface area contributed by atoms with Gasteiger partial charge in [-0.1, -0.05) is 0 Å². The van der Waals surface area contributed by atoms with Crippen molar-refractivity contribution in [3.05, 3.63) is 86.1 Å². The smallest absolute Gasteiger partial charge is 0.408 e. The Morgan fingerprint density at radius 2 is 1.66 bits per heavy atom. The van der Waals surface area contributed by atoms with Gasteiger partial charge in [0.1, 0.15) is 0 Å². The van der Waals surface area contributed by atoms with Gasteiger partial charge in [-0.05, 0) is 99.8 Å². The van der Waals surface area contributed by atoms with Gasteiger partial charge in [-0.15, -0.1) is 0 Å². The van der Waals surface area contributed by atoms with Gasteiger partial charge in [0.25, 0.3) is 5.91 Å². The lowest BCUT2D eigenvalue weighted by Gasteiger charge is -2.19. The second-order valence-electron chi connectivity index (χ2n) is 7.69. The van der Waals surface area contributed by atoms with Crippen LogP contribution in [0.15, 0.2) is 63.8 Å². The van der Waals surface area contributed by atoms with Crippen LogP contribution in [0.5, 0.6) is 5.75 Å². The van der Waals surface area contributed by atoms with Gasteiger partial charge in [-0.3, -0.25) is 14.6 Å². The fraction of sp³-hybridized carbons (Fsp3) is 0.154. The molecule has 9 heteroatoms. The van der Waals surface area contributed by atoms with Crippen molar-refractivity contribution in [2.45, 2.75) is 13.8 Å². The van der Waals surface area contributed by atoms with Crippen LogP contribution in [0.1, 0.15) is 40.9 Å². The van der Waals surface area contributed by atoms with E-state index in [4.69, 9.17) is 4.74 Å². The average molecular weight is 599 g/mol. The molecule has 0 saturated heterocycles. The number of carbonyl (C=O) groups excluding carboxylic acids is 3. The van der Waals surface area contributed by atoms with E-state index in [1.54, 1.807) is 65.8 Å². The summed E-state index contributed by atoms with van der Waals surface area (Å²) in [5, 5.41) is 2.84. The van der Waals surface area contributed by atoms with Crippen molar-refractivity contribution < 1.29 is 19.1 Å². The highest BCUT2D eigenvalue weighted by Gasteiger charge is 2.26. The van der Waals surface area contributed by atoms with E-state index in [-0.39, 0.29) is 11.7 Å². The second kappa shape index (κ2) is 10.5. The fourth-order valence-corrected chi connectivity index (χ4v) is 5.09. The van der Waals surface area contributed by atoms with Crippen LogP contribution in [0.4, 0.5) is 10.5 Å². The average Bonchev–Trinajstić information content (AvgIpc) is 3.16. The van der Waals surface area contributed by atoms with Crippen molar-refractivity contribution in [2.24, 2.45) is 0 Å². The third-order valence-corrected chi connectivity index (χ3v) is 6.73. The molecule has 35 heavy (non-hydrogen) atoms. The molecule has 2 aromatic carbocycles. The summed E-state index contributed by atoms with van der Waals surface area (Å²) in [6.07, 6.45) is 4.41. The molecule has 3 aromatic rings. The molecule has 0 fully saturated rings. The van der Waals surface area contributed by atoms with Crippen molar-refractivity contribution in [3.8, 4) is 5.75 Å². The van der Waals surface area contributed by atoms with Crippen molar-refractivity contribution in [2.75, 3.05) is 18.4 Å². The van der Waals surface area contributed by atoms with Crippen molar-refractivity contribution in [1.29, 1.82) is 0 Å². The Bertz CT molecular complexity index is 1330. The number of anilines is 1. The summed E-state index contributed by atoms with van der Waals surface area (Å²) in [6, 6.07) is 12.0. The first-order valence-electron chi connectivity index (χ1n) is 10.9. The number of benzene rings is 2. The Labute approximate surface area is 219 Å². The Balaban J connectivity index is 1.66. The minimum absolute atomic E-state index is 0.154. The molecule has 1 aromatic heterocycles. The van der Waals surface area contributed by atoms with Crippen molar-refractivity contribution >= 4 is 67.0 Å². The highest BCUT2D eigenvalue weighted by Crippen LogP contribution is 2.38. The number of carbonyl (C=O) groups is 3. The normalized spacial score (nSPS) is 13.4. The van der Waals surface area contributed by atoms with Crippen molar-refractivity contribution in [1.82, 2.24) is 9.88 Å². The van der Waals surface area contributed by atoms with E-state index in [0.29, 0.717) is 61.3 Å². The molecular weight excluding hydrogens is 578 g/mol. The first-order valence-corrected chi connectivity index (χ1v) is 12.5. The molecule has 4 rings (SSSR count). The summed E-state index contributed by atoms with van der Waals surface area (Å²) in [7, 11) is 0. The number of ether oxygens (including phenoxy) is 1. The SMILES string of the molecule is CCN(CC)C(=O)Oc1c(Br)cc(C=C2C(=O)Nc3ccc(C(=O)c4ccncc4)cc32)cc1Br. The van der Waals surface area contributed by atoms with E-state index >= 15 is 0 Å². The Morgan fingerprint density at radius 1 is 1.00 bits per heavy atom. The summed E-state index contributed by atoms with van der Waals surface area (Å²) in [6.45, 7) is 4.83. The molecule has 2 amide bonds. The number of fused-ring (bicyclic) bond motifs is 1. The summed E-state index contributed by atoms with van der Waals surface area (Å²) >= 11 is 6.93. The molecule has 1 N–H and O–H groups in total. The maximum Gasteiger partial charge on any atom is 0.415 e. The lowest BCUT2D eigenvalue weighted by molar-refractivity contribution is -0.110. The number of amides is 2. The Kier molecular flexibility index (Phi) is 7.47. The minimum atomic E-state index is -0.446. The molecule has 0 radical (unpaired) electrons. The van der Waals surface area contributed by atoms with Gasteiger partial charge < -0.3 is 15.0 Å². The van der Waals surface area contributed by atoms with Gasteiger partial charge in [0.2, 0.25) is 0 Å². The molecule has 2 heterocycles. The zero-order valence-corrected chi connectivity index (χ0v) is 22.1. The van der Waals surface area contributed by atoms with Crippen LogP contribution in [0.2, 0.25) is 0 Å². The van der Waals surface area contributed by atoms with E-state index < -0.39 is 6.09 Å². The molecule has 0 spiro atoms. The van der Waals surface area contributed by atoms with E-state index in [9.17, 15) is 14.4 Å². The van der Waals surface area contributed by atoms with E-state index in [1.807, 2.05) is 13.8 Å². The maximum atomic E-state index is 12.9. The first-order chi connectivity index (χ1) is 16.8. The number of hydrogen-bond acceptors (Lipinski definition) is 5. The summed E-state index contributed by atoms with van der Waals surface area (Å²) in [4.78, 5) is 43.5. The number of ketones is 1. The van der Waals surface area contributed by atoms with Gasteiger partial charge in [-0.25, -0.2) is 4.79 Å². The monoisotopic (exact) mass is 597 g/mol. The topological polar surface area (TPSA) is 88.6 Å². The van der Waals surface area contributed by atoms with E-state index in [0.717, 1.165) is 0 Å². The fourth-order valence-electron chi connectivity index (χ4n) is 3.70. The zero-order valence-electron chi connectivity index (χ0n) is 19.0. The number of hydrogen-bond donors (Lipinski definition) is 1. The van der Waals surface area contributed by atoms with Crippen LogP contribution in [0.25, 0.3) is 11.6 Å². The largest absolute Gasteiger partial charge is 0.415 e. The molecule has 7 nitrogen and oxygen atoms in total. The summed E-state index contributed by atoms with van der Waals surface area (Å²) < 4.78 is 6.67. The number of nitrogens with zero attached hydrogens (tertiary/aromatic N) is 2.